The highest BCUT2D eigenvalue weighted by molar-refractivity contribution is 7.12. The van der Waals surface area contributed by atoms with E-state index in [1.807, 2.05) is 12.1 Å². The van der Waals surface area contributed by atoms with Gasteiger partial charge in [0.15, 0.2) is 0 Å². The van der Waals surface area contributed by atoms with Crippen LogP contribution < -0.4 is 5.32 Å². The number of aliphatic hydroxyl groups is 1. The molecule has 0 aliphatic heterocycles. The summed E-state index contributed by atoms with van der Waals surface area (Å²) in [6.45, 7) is 1.42. The molecule has 19 heavy (non-hydrogen) atoms. The van der Waals surface area contributed by atoms with Crippen molar-refractivity contribution in [2.45, 2.75) is 25.4 Å². The molecule has 0 spiro atoms. The largest absolute Gasteiger partial charge is 0.469 e. The van der Waals surface area contributed by atoms with Crippen molar-refractivity contribution in [3.63, 3.8) is 0 Å². The van der Waals surface area contributed by atoms with Gasteiger partial charge >= 0.3 is 5.97 Å². The van der Waals surface area contributed by atoms with E-state index in [2.05, 4.69) is 10.1 Å². The number of hydrogen-bond donors (Lipinski definition) is 2. The molecule has 0 aliphatic carbocycles. The second kappa shape index (κ2) is 9.03. The summed E-state index contributed by atoms with van der Waals surface area (Å²) < 4.78 is 9.72. The van der Waals surface area contributed by atoms with Crippen molar-refractivity contribution in [3.05, 3.63) is 21.9 Å². The Morgan fingerprint density at radius 1 is 1.42 bits per heavy atom. The number of esters is 1. The van der Waals surface area contributed by atoms with Gasteiger partial charge in [-0.15, -0.1) is 11.3 Å². The van der Waals surface area contributed by atoms with Crippen LogP contribution in [0.4, 0.5) is 0 Å². The fourth-order valence-corrected chi connectivity index (χ4v) is 2.63. The van der Waals surface area contributed by atoms with Crippen molar-refractivity contribution in [2.24, 2.45) is 0 Å². The maximum Gasteiger partial charge on any atom is 0.310 e. The zero-order valence-corrected chi connectivity index (χ0v) is 12.2. The lowest BCUT2D eigenvalue weighted by molar-refractivity contribution is -0.139. The molecule has 0 amide bonds. The van der Waals surface area contributed by atoms with E-state index in [0.717, 1.165) is 9.75 Å². The molecule has 0 radical (unpaired) electrons. The predicted molar refractivity (Wildman–Crippen MR) is 74.2 cm³/mol. The smallest absolute Gasteiger partial charge is 0.310 e. The van der Waals surface area contributed by atoms with E-state index in [-0.39, 0.29) is 18.6 Å². The van der Waals surface area contributed by atoms with Gasteiger partial charge in [-0.3, -0.25) is 4.79 Å². The van der Waals surface area contributed by atoms with Crippen LogP contribution in [0.1, 0.15) is 16.2 Å². The van der Waals surface area contributed by atoms with Crippen LogP contribution in [0.25, 0.3) is 0 Å². The Balaban J connectivity index is 2.42. The summed E-state index contributed by atoms with van der Waals surface area (Å²) in [5.41, 5.74) is 0. The molecule has 2 N–H and O–H groups in total. The molecule has 0 bridgehead atoms. The van der Waals surface area contributed by atoms with Crippen LogP contribution in [-0.4, -0.2) is 44.6 Å². The quantitative estimate of drug-likeness (QED) is 0.662. The number of aliphatic hydroxyl groups excluding tert-OH is 1. The lowest BCUT2D eigenvalue weighted by atomic mass is 10.2. The average molecular weight is 287 g/mol. The highest BCUT2D eigenvalue weighted by Crippen LogP contribution is 2.17. The third-order valence-corrected chi connectivity index (χ3v) is 3.76. The molecule has 0 aromatic carbocycles. The number of rotatable bonds is 9. The maximum atomic E-state index is 11.2. The minimum atomic E-state index is -0.223. The van der Waals surface area contributed by atoms with Crippen molar-refractivity contribution in [2.75, 3.05) is 27.4 Å². The standard InChI is InChI=1S/C13H21NO4S/c1-17-9-10(5-6-15)14-8-12-4-3-11(19-12)7-13(16)18-2/h3-4,10,14-15H,5-9H2,1-2H3. The van der Waals surface area contributed by atoms with Crippen LogP contribution >= 0.6 is 11.3 Å². The molecule has 1 atom stereocenters. The average Bonchev–Trinajstić information content (AvgIpc) is 2.84. The van der Waals surface area contributed by atoms with Gasteiger partial charge in [0.25, 0.3) is 0 Å². The second-order valence-corrected chi connectivity index (χ2v) is 5.42. The maximum absolute atomic E-state index is 11.2. The summed E-state index contributed by atoms with van der Waals surface area (Å²) in [6.07, 6.45) is 0.980. The minimum absolute atomic E-state index is 0.138. The number of ether oxygens (including phenoxy) is 2. The van der Waals surface area contributed by atoms with E-state index in [0.29, 0.717) is 26.0 Å². The number of thiophene rings is 1. The Labute approximate surface area is 117 Å². The van der Waals surface area contributed by atoms with E-state index >= 15 is 0 Å². The molecule has 0 fully saturated rings. The Morgan fingerprint density at radius 2 is 2.16 bits per heavy atom. The van der Waals surface area contributed by atoms with Gasteiger partial charge in [-0.1, -0.05) is 0 Å². The van der Waals surface area contributed by atoms with Gasteiger partial charge in [0.2, 0.25) is 0 Å². The highest BCUT2D eigenvalue weighted by atomic mass is 32.1. The first-order chi connectivity index (χ1) is 9.19. The van der Waals surface area contributed by atoms with Crippen molar-refractivity contribution in [1.82, 2.24) is 5.32 Å². The molecule has 0 aliphatic rings. The van der Waals surface area contributed by atoms with Gasteiger partial charge in [0, 0.05) is 36.1 Å². The molecular weight excluding hydrogens is 266 g/mol. The van der Waals surface area contributed by atoms with E-state index in [1.165, 1.54) is 7.11 Å². The van der Waals surface area contributed by atoms with E-state index < -0.39 is 0 Å². The van der Waals surface area contributed by atoms with Crippen LogP contribution in [0.15, 0.2) is 12.1 Å². The summed E-state index contributed by atoms with van der Waals surface area (Å²) in [7, 11) is 3.04. The van der Waals surface area contributed by atoms with Crippen molar-refractivity contribution in [1.29, 1.82) is 0 Å². The Hall–Kier alpha value is -0.950. The van der Waals surface area contributed by atoms with Gasteiger partial charge in [0.1, 0.15) is 0 Å². The van der Waals surface area contributed by atoms with Crippen molar-refractivity contribution in [3.8, 4) is 0 Å². The molecule has 5 nitrogen and oxygen atoms in total. The highest BCUT2D eigenvalue weighted by Gasteiger charge is 2.09. The van der Waals surface area contributed by atoms with Gasteiger partial charge in [-0.2, -0.15) is 0 Å². The van der Waals surface area contributed by atoms with Crippen LogP contribution in [0.3, 0.4) is 0 Å². The van der Waals surface area contributed by atoms with Gasteiger partial charge in [-0.25, -0.2) is 0 Å². The summed E-state index contributed by atoms with van der Waals surface area (Å²) in [4.78, 5) is 13.3. The monoisotopic (exact) mass is 287 g/mol. The number of methoxy groups -OCH3 is 2. The normalized spacial score (nSPS) is 12.4. The number of nitrogens with one attached hydrogen (secondary N) is 1. The molecular formula is C13H21NO4S. The molecule has 1 unspecified atom stereocenters. The lowest BCUT2D eigenvalue weighted by Gasteiger charge is -2.15. The first-order valence-corrected chi connectivity index (χ1v) is 6.98. The summed E-state index contributed by atoms with van der Waals surface area (Å²) >= 11 is 1.59. The van der Waals surface area contributed by atoms with Crippen molar-refractivity contribution < 1.29 is 19.4 Å². The third-order valence-electron chi connectivity index (χ3n) is 2.67. The lowest BCUT2D eigenvalue weighted by Crippen LogP contribution is -2.33. The molecule has 0 saturated heterocycles. The predicted octanol–water partition coefficient (Wildman–Crippen LogP) is 0.951. The molecule has 1 aromatic rings. The third kappa shape index (κ3) is 6.15. The second-order valence-electron chi connectivity index (χ2n) is 4.17. The number of carbonyl (C=O) groups is 1. The van der Waals surface area contributed by atoms with E-state index in [9.17, 15) is 4.79 Å². The minimum Gasteiger partial charge on any atom is -0.469 e. The van der Waals surface area contributed by atoms with Crippen LogP contribution in [0, 0.1) is 0 Å². The molecule has 0 saturated carbocycles. The first kappa shape index (κ1) is 16.1. The molecule has 6 heteroatoms. The summed E-state index contributed by atoms with van der Waals surface area (Å²) in [5, 5.41) is 12.3. The zero-order chi connectivity index (χ0) is 14.1. The van der Waals surface area contributed by atoms with Gasteiger partial charge in [-0.05, 0) is 18.6 Å². The van der Waals surface area contributed by atoms with Crippen molar-refractivity contribution >= 4 is 17.3 Å². The van der Waals surface area contributed by atoms with E-state index in [4.69, 9.17) is 9.84 Å². The Bertz CT molecular complexity index is 374. The summed E-state index contributed by atoms with van der Waals surface area (Å²) in [6, 6.07) is 4.08. The van der Waals surface area contributed by atoms with Gasteiger partial charge in [0.05, 0.1) is 20.1 Å². The number of carbonyl (C=O) groups excluding carboxylic acids is 1. The SMILES string of the molecule is COCC(CCO)NCc1ccc(CC(=O)OC)s1. The summed E-state index contributed by atoms with van der Waals surface area (Å²) in [5.74, 6) is -0.223. The Morgan fingerprint density at radius 3 is 2.79 bits per heavy atom. The fraction of sp³-hybridized carbons (Fsp3) is 0.615. The van der Waals surface area contributed by atoms with Gasteiger partial charge < -0.3 is 19.9 Å². The van der Waals surface area contributed by atoms with Crippen LogP contribution in [0.5, 0.6) is 0 Å². The van der Waals surface area contributed by atoms with Crippen LogP contribution in [0.2, 0.25) is 0 Å². The zero-order valence-electron chi connectivity index (χ0n) is 11.3. The number of hydrogen-bond acceptors (Lipinski definition) is 6. The molecule has 1 rings (SSSR count). The fourth-order valence-electron chi connectivity index (χ4n) is 1.67. The molecule has 1 aromatic heterocycles. The molecule has 1 heterocycles. The molecule has 108 valence electrons. The van der Waals surface area contributed by atoms with E-state index in [1.54, 1.807) is 18.4 Å². The topological polar surface area (TPSA) is 67.8 Å². The Kier molecular flexibility index (Phi) is 7.66. The first-order valence-electron chi connectivity index (χ1n) is 6.17. The van der Waals surface area contributed by atoms with Crippen LogP contribution in [-0.2, 0) is 27.2 Å².